The Bertz CT molecular complexity index is 244. The molecule has 1 unspecified atom stereocenters. The van der Waals surface area contributed by atoms with Crippen molar-refractivity contribution in [2.45, 2.75) is 18.9 Å². The Morgan fingerprint density at radius 3 is 2.69 bits per heavy atom. The maximum Gasteiger partial charge on any atom is 0.363 e. The number of carbonyl (C=O) groups excluding carboxylic acids is 1. The Labute approximate surface area is 81.7 Å². The van der Waals surface area contributed by atoms with Crippen LogP contribution in [-0.2, 0) is 9.59 Å². The average molecular weight is 207 g/mol. The van der Waals surface area contributed by atoms with Crippen LogP contribution in [0.15, 0.2) is 0 Å². The van der Waals surface area contributed by atoms with Gasteiger partial charge in [-0.1, -0.05) is 0 Å². The van der Waals surface area contributed by atoms with Gasteiger partial charge in [0.25, 0.3) is 0 Å². The van der Waals surface area contributed by atoms with Gasteiger partial charge >= 0.3 is 11.9 Å². The summed E-state index contributed by atoms with van der Waals surface area (Å²) in [5.41, 5.74) is 0. The number of alkyl halides is 1. The number of likely N-dealkylation sites (N-methyl/N-ethyl adjacent to an activating group) is 1. The number of hydrogen-bond donors (Lipinski definition) is 1. The van der Waals surface area contributed by atoms with Crippen molar-refractivity contribution in [2.24, 2.45) is 0 Å². The maximum absolute atomic E-state index is 11.4. The topological polar surface area (TPSA) is 54.4 Å². The minimum atomic E-state index is -0.904. The molecule has 0 saturated carbocycles. The lowest BCUT2D eigenvalue weighted by atomic mass is 10.2. The van der Waals surface area contributed by atoms with Crippen LogP contribution in [0.25, 0.3) is 0 Å². The number of carboxylic acids is 1. The van der Waals surface area contributed by atoms with Gasteiger partial charge in [-0.05, 0) is 0 Å². The molecule has 0 aliphatic carbocycles. The minimum Gasteiger partial charge on any atom is -0.477 e. The number of hydrogen-bond acceptors (Lipinski definition) is 2. The highest BCUT2D eigenvalue weighted by Gasteiger charge is 2.47. The largest absolute Gasteiger partial charge is 0.477 e. The first kappa shape index (κ1) is 10.5. The Hall–Kier alpha value is -0.610. The molecule has 1 rings (SSSR count). The van der Waals surface area contributed by atoms with Gasteiger partial charge in [0.1, 0.15) is 5.88 Å². The van der Waals surface area contributed by atoms with Crippen LogP contribution in [0, 0.1) is 0 Å². The van der Waals surface area contributed by atoms with Crippen LogP contribution in [0.4, 0.5) is 0 Å². The first-order valence-electron chi connectivity index (χ1n) is 4.19. The van der Waals surface area contributed by atoms with Crippen LogP contribution in [0.3, 0.4) is 0 Å². The van der Waals surface area contributed by atoms with E-state index >= 15 is 0 Å². The van der Waals surface area contributed by atoms with Gasteiger partial charge in [-0.15, -0.1) is 11.6 Å². The highest BCUT2D eigenvalue weighted by Crippen LogP contribution is 2.25. The quantitative estimate of drug-likeness (QED) is 0.527. The van der Waals surface area contributed by atoms with Gasteiger partial charge in [0.2, 0.25) is 0 Å². The molecule has 1 fully saturated rings. The molecular formula is C8H13ClNO3+. The number of quaternary nitrogens is 1. The molecule has 0 bridgehead atoms. The first-order valence-corrected chi connectivity index (χ1v) is 4.73. The van der Waals surface area contributed by atoms with Crippen molar-refractivity contribution in [1.82, 2.24) is 0 Å². The van der Waals surface area contributed by atoms with Gasteiger partial charge in [0, 0.05) is 12.8 Å². The normalized spacial score (nSPS) is 33.2. The summed E-state index contributed by atoms with van der Waals surface area (Å²) in [5.74, 6) is -1.22. The Balaban J connectivity index is 2.87. The molecule has 0 radical (unpaired) electrons. The van der Waals surface area contributed by atoms with Crippen LogP contribution < -0.4 is 0 Å². The molecule has 5 heteroatoms. The number of nitrogens with zero attached hydrogens (tertiary/aromatic N) is 1. The first-order chi connectivity index (χ1) is 6.02. The highest BCUT2D eigenvalue weighted by atomic mass is 35.5. The van der Waals surface area contributed by atoms with Crippen molar-refractivity contribution in [1.29, 1.82) is 0 Å². The number of rotatable bonds is 2. The van der Waals surface area contributed by atoms with E-state index in [2.05, 4.69) is 0 Å². The van der Waals surface area contributed by atoms with E-state index in [1.807, 2.05) is 0 Å². The standard InChI is InChI=1S/C8H12ClNO3/c1-10(7(11)5-9)4-2-3-6(10)8(12)13/h6H,2-5H2,1H3/p+1/t6?,10-/m0/s1. The fourth-order valence-electron chi connectivity index (χ4n) is 1.86. The summed E-state index contributed by atoms with van der Waals surface area (Å²) in [6.45, 7) is 0.586. The van der Waals surface area contributed by atoms with Gasteiger partial charge < -0.3 is 5.11 Å². The summed E-state index contributed by atoms with van der Waals surface area (Å²) >= 11 is 5.43. The van der Waals surface area contributed by atoms with Crippen molar-refractivity contribution in [3.8, 4) is 0 Å². The van der Waals surface area contributed by atoms with Gasteiger partial charge in [0.05, 0.1) is 13.6 Å². The van der Waals surface area contributed by atoms with E-state index in [1.165, 1.54) is 0 Å². The van der Waals surface area contributed by atoms with E-state index in [-0.39, 0.29) is 16.3 Å². The molecule has 4 nitrogen and oxygen atoms in total. The lowest BCUT2D eigenvalue weighted by Crippen LogP contribution is -2.56. The molecule has 0 spiro atoms. The maximum atomic E-state index is 11.4. The van der Waals surface area contributed by atoms with E-state index in [1.54, 1.807) is 7.05 Å². The van der Waals surface area contributed by atoms with Crippen LogP contribution >= 0.6 is 11.6 Å². The molecule has 13 heavy (non-hydrogen) atoms. The Morgan fingerprint density at radius 1 is 1.62 bits per heavy atom. The fraction of sp³-hybridized carbons (Fsp3) is 0.750. The van der Waals surface area contributed by atoms with Crippen LogP contribution in [0.5, 0.6) is 0 Å². The third-order valence-electron chi connectivity index (χ3n) is 2.76. The SMILES string of the molecule is C[N@+]1(C(=O)CCl)CCCC1C(=O)O. The predicted octanol–water partition coefficient (Wildman–Crippen LogP) is 0.445. The molecule has 1 N–H and O–H groups in total. The van der Waals surface area contributed by atoms with E-state index in [0.29, 0.717) is 13.0 Å². The zero-order chi connectivity index (χ0) is 10.1. The number of likely N-dealkylation sites (tertiary alicyclic amines) is 1. The molecule has 1 aliphatic heterocycles. The molecule has 2 atom stereocenters. The van der Waals surface area contributed by atoms with Crippen molar-refractivity contribution >= 4 is 23.5 Å². The van der Waals surface area contributed by atoms with Gasteiger partial charge in [-0.2, -0.15) is 0 Å². The number of carboxylic acid groups (broad SMARTS) is 1. The smallest absolute Gasteiger partial charge is 0.363 e. The summed E-state index contributed by atoms with van der Waals surface area (Å²) < 4.78 is -0.0428. The Kier molecular flexibility index (Phi) is 2.93. The van der Waals surface area contributed by atoms with Crippen molar-refractivity contribution in [3.05, 3.63) is 0 Å². The van der Waals surface area contributed by atoms with Crippen LogP contribution in [-0.4, -0.2) is 47.0 Å². The molecule has 1 heterocycles. The van der Waals surface area contributed by atoms with Gasteiger partial charge in [0.15, 0.2) is 6.04 Å². The number of aliphatic carboxylic acids is 1. The van der Waals surface area contributed by atoms with Crippen LogP contribution in [0.2, 0.25) is 0 Å². The summed E-state index contributed by atoms with van der Waals surface area (Å²) in [7, 11) is 1.65. The lowest BCUT2D eigenvalue weighted by Gasteiger charge is -2.29. The van der Waals surface area contributed by atoms with E-state index in [4.69, 9.17) is 16.7 Å². The predicted molar refractivity (Wildman–Crippen MR) is 47.4 cm³/mol. The summed E-state index contributed by atoms with van der Waals surface area (Å²) in [6.07, 6.45) is 1.34. The fourth-order valence-corrected chi connectivity index (χ4v) is 2.13. The molecule has 74 valence electrons. The third kappa shape index (κ3) is 1.69. The molecule has 0 aromatic carbocycles. The monoisotopic (exact) mass is 206 g/mol. The molecule has 1 aliphatic rings. The second-order valence-corrected chi connectivity index (χ2v) is 3.78. The average Bonchev–Trinajstić information content (AvgIpc) is 2.47. The second-order valence-electron chi connectivity index (χ2n) is 3.52. The van der Waals surface area contributed by atoms with Crippen molar-refractivity contribution in [2.75, 3.05) is 19.5 Å². The van der Waals surface area contributed by atoms with Crippen LogP contribution in [0.1, 0.15) is 12.8 Å². The van der Waals surface area contributed by atoms with Gasteiger partial charge in [-0.25, -0.2) is 9.59 Å². The highest BCUT2D eigenvalue weighted by molar-refractivity contribution is 6.26. The molecule has 0 aromatic heterocycles. The lowest BCUT2D eigenvalue weighted by molar-refractivity contribution is -0.837. The molecule has 0 aromatic rings. The molecule has 1 saturated heterocycles. The van der Waals surface area contributed by atoms with E-state index in [0.717, 1.165) is 6.42 Å². The summed E-state index contributed by atoms with van der Waals surface area (Å²) in [5, 5.41) is 8.88. The number of amides is 1. The Morgan fingerprint density at radius 2 is 2.23 bits per heavy atom. The van der Waals surface area contributed by atoms with E-state index < -0.39 is 12.0 Å². The van der Waals surface area contributed by atoms with Gasteiger partial charge in [-0.3, -0.25) is 4.48 Å². The number of halogens is 1. The minimum absolute atomic E-state index is 0.0428. The zero-order valence-electron chi connectivity index (χ0n) is 7.49. The second kappa shape index (κ2) is 3.64. The van der Waals surface area contributed by atoms with Crippen molar-refractivity contribution in [3.63, 3.8) is 0 Å². The van der Waals surface area contributed by atoms with Crippen molar-refractivity contribution < 1.29 is 19.2 Å². The number of carbonyl (C=O) groups is 2. The third-order valence-corrected chi connectivity index (χ3v) is 2.99. The van der Waals surface area contributed by atoms with E-state index in [9.17, 15) is 9.59 Å². The summed E-state index contributed by atoms with van der Waals surface area (Å²) in [6, 6.07) is -0.605. The zero-order valence-corrected chi connectivity index (χ0v) is 8.25. The summed E-state index contributed by atoms with van der Waals surface area (Å²) in [4.78, 5) is 22.3. The molecular weight excluding hydrogens is 194 g/mol. The molecule has 1 amide bonds.